The molecule has 3 nitrogen and oxygen atoms in total. The first kappa shape index (κ1) is 13.1. The topological polar surface area (TPSA) is 42.0 Å². The molecule has 2 heterocycles. The van der Waals surface area contributed by atoms with Crippen LogP contribution in [0.2, 0.25) is 0 Å². The van der Waals surface area contributed by atoms with Gasteiger partial charge in [-0.25, -0.2) is 0 Å². The van der Waals surface area contributed by atoms with Crippen LogP contribution in [0, 0.1) is 0 Å². The summed E-state index contributed by atoms with van der Waals surface area (Å²) in [6.45, 7) is 0. The van der Waals surface area contributed by atoms with Gasteiger partial charge in [0.15, 0.2) is 0 Å². The summed E-state index contributed by atoms with van der Waals surface area (Å²) in [7, 11) is 0. The molecule has 2 aromatic rings. The van der Waals surface area contributed by atoms with Gasteiger partial charge in [-0.05, 0) is 35.2 Å². The summed E-state index contributed by atoms with van der Waals surface area (Å²) in [4.78, 5) is 16.5. The minimum absolute atomic E-state index is 0.202. The third kappa shape index (κ3) is 2.27. The average Bonchev–Trinajstić information content (AvgIpc) is 2.60. The zero-order chi connectivity index (χ0) is 13.9. The lowest BCUT2D eigenvalue weighted by molar-refractivity contribution is 1.25. The average molecular weight is 329 g/mol. The van der Waals surface area contributed by atoms with Crippen molar-refractivity contribution < 1.29 is 0 Å². The molecule has 0 fully saturated rings. The Morgan fingerprint density at radius 1 is 1.25 bits per heavy atom. The summed E-state index contributed by atoms with van der Waals surface area (Å²) in [6.07, 6.45) is 8.74. The lowest BCUT2D eigenvalue weighted by atomic mass is 10.1. The van der Waals surface area contributed by atoms with Crippen LogP contribution in [-0.4, -0.2) is 10.3 Å². The van der Waals surface area contributed by atoms with Gasteiger partial charge >= 0.3 is 0 Å². The molecule has 0 aliphatic carbocycles. The molecule has 3 rings (SSSR count). The van der Waals surface area contributed by atoms with Gasteiger partial charge in [-0.3, -0.25) is 4.79 Å². The molecule has 100 valence electrons. The Kier molecular flexibility index (Phi) is 3.65. The van der Waals surface area contributed by atoms with Gasteiger partial charge in [0.1, 0.15) is 5.82 Å². The number of nitrogens with zero attached hydrogens (tertiary/aromatic N) is 1. The van der Waals surface area contributed by atoms with Crippen LogP contribution >= 0.6 is 15.9 Å². The molecule has 0 atom stereocenters. The first-order valence-electron chi connectivity index (χ1n) is 6.44. The van der Waals surface area contributed by atoms with Crippen LogP contribution in [-0.2, 0) is 0 Å². The summed E-state index contributed by atoms with van der Waals surface area (Å²) in [5.74, 6) is 0.620. The minimum Gasteiger partial charge on any atom is -0.346 e. The molecule has 0 spiro atoms. The predicted octanol–water partition coefficient (Wildman–Crippen LogP) is 1.88. The Bertz CT molecular complexity index is 872. The molecule has 20 heavy (non-hydrogen) atoms. The van der Waals surface area contributed by atoms with E-state index in [-0.39, 0.29) is 5.56 Å². The van der Waals surface area contributed by atoms with E-state index in [1.165, 1.54) is 0 Å². The van der Waals surface area contributed by atoms with E-state index in [0.29, 0.717) is 11.2 Å². The van der Waals surface area contributed by atoms with Crippen LogP contribution in [0.15, 0.2) is 41.3 Å². The van der Waals surface area contributed by atoms with Gasteiger partial charge in [0.05, 0.1) is 0 Å². The number of allylic oxidation sites excluding steroid dienone is 1. The van der Waals surface area contributed by atoms with Gasteiger partial charge in [-0.15, -0.1) is 0 Å². The maximum absolute atomic E-state index is 12.3. The van der Waals surface area contributed by atoms with Crippen LogP contribution in [0.25, 0.3) is 22.9 Å². The highest BCUT2D eigenvalue weighted by molar-refractivity contribution is 9.09. The van der Waals surface area contributed by atoms with Crippen molar-refractivity contribution in [1.29, 1.82) is 0 Å². The maximum Gasteiger partial charge on any atom is 0.279 e. The standard InChI is InChI=1S/C16H13BrN2O/c17-9-3-7-11-12-5-1-2-6-14(12)16(20)19-15-13(11)8-4-10-18-15/h1-2,4-8,10H,3,9H2,(H,18,19,20). The number of aromatic nitrogens is 1. The molecule has 1 aliphatic rings. The highest BCUT2D eigenvalue weighted by Gasteiger charge is 2.05. The number of hydrogen-bond donors (Lipinski definition) is 1. The number of rotatable bonds is 2. The first-order chi connectivity index (χ1) is 9.81. The largest absolute Gasteiger partial charge is 0.346 e. The van der Waals surface area contributed by atoms with Crippen LogP contribution in [0.3, 0.4) is 0 Å². The molecular formula is C16H13BrN2O. The molecule has 0 amide bonds. The van der Waals surface area contributed by atoms with E-state index >= 15 is 0 Å². The van der Waals surface area contributed by atoms with Crippen molar-refractivity contribution in [2.45, 2.75) is 6.42 Å². The van der Waals surface area contributed by atoms with Gasteiger partial charge in [0.2, 0.25) is 0 Å². The summed E-state index contributed by atoms with van der Waals surface area (Å²) in [5.41, 5.74) is -0.202. The van der Waals surface area contributed by atoms with Crippen molar-refractivity contribution in [3.8, 4) is 0 Å². The Labute approximate surface area is 124 Å². The van der Waals surface area contributed by atoms with E-state index in [1.807, 2.05) is 36.4 Å². The third-order valence-electron chi connectivity index (χ3n) is 3.24. The maximum atomic E-state index is 12.3. The SMILES string of the molecule is O=c1nc2c(c(=CCCBr)c3ccccc13)=CC=CN2. The number of fused-ring (bicyclic) bond motifs is 2. The van der Waals surface area contributed by atoms with Gasteiger partial charge in [0.25, 0.3) is 5.56 Å². The fraction of sp³-hybridized carbons (Fsp3) is 0.125. The molecule has 1 aromatic carbocycles. The lowest BCUT2D eigenvalue weighted by Crippen LogP contribution is -2.28. The molecule has 1 N–H and O–H groups in total. The van der Waals surface area contributed by atoms with Gasteiger partial charge < -0.3 is 5.32 Å². The number of anilines is 1. The van der Waals surface area contributed by atoms with Crippen molar-refractivity contribution in [3.05, 3.63) is 57.3 Å². The second-order valence-electron chi connectivity index (χ2n) is 4.49. The van der Waals surface area contributed by atoms with Crippen LogP contribution in [0.4, 0.5) is 5.82 Å². The number of hydrogen-bond acceptors (Lipinski definition) is 3. The van der Waals surface area contributed by atoms with E-state index in [9.17, 15) is 4.79 Å². The fourth-order valence-electron chi connectivity index (χ4n) is 2.37. The lowest BCUT2D eigenvalue weighted by Gasteiger charge is -2.01. The van der Waals surface area contributed by atoms with Crippen LogP contribution in [0.1, 0.15) is 6.42 Å². The number of halogens is 1. The van der Waals surface area contributed by atoms with E-state index in [2.05, 4.69) is 32.3 Å². The smallest absolute Gasteiger partial charge is 0.279 e. The highest BCUT2D eigenvalue weighted by atomic mass is 79.9. The molecule has 0 saturated carbocycles. The Balaban J connectivity index is 2.60. The number of benzene rings is 1. The Morgan fingerprint density at radius 2 is 2.05 bits per heavy atom. The monoisotopic (exact) mass is 328 g/mol. The summed E-state index contributed by atoms with van der Waals surface area (Å²) >= 11 is 3.44. The van der Waals surface area contributed by atoms with Crippen molar-refractivity contribution in [3.63, 3.8) is 0 Å². The van der Waals surface area contributed by atoms with E-state index < -0.39 is 0 Å². The van der Waals surface area contributed by atoms with E-state index in [1.54, 1.807) is 6.20 Å². The molecule has 1 aromatic heterocycles. The molecule has 0 saturated heterocycles. The zero-order valence-electron chi connectivity index (χ0n) is 10.8. The second kappa shape index (κ2) is 5.59. The van der Waals surface area contributed by atoms with E-state index in [0.717, 1.165) is 27.6 Å². The number of nitrogens with one attached hydrogen (secondary N) is 1. The first-order valence-corrected chi connectivity index (χ1v) is 7.56. The van der Waals surface area contributed by atoms with Gasteiger partial charge in [-0.2, -0.15) is 4.98 Å². The normalized spacial score (nSPS) is 13.8. The molecular weight excluding hydrogens is 316 g/mol. The van der Waals surface area contributed by atoms with Crippen molar-refractivity contribution in [2.75, 3.05) is 10.6 Å². The third-order valence-corrected chi connectivity index (χ3v) is 3.70. The van der Waals surface area contributed by atoms with Gasteiger partial charge in [-0.1, -0.05) is 40.2 Å². The predicted molar refractivity (Wildman–Crippen MR) is 87.4 cm³/mol. The van der Waals surface area contributed by atoms with E-state index in [4.69, 9.17) is 0 Å². The summed E-state index contributed by atoms with van der Waals surface area (Å²) in [5, 5.41) is 7.56. The Morgan fingerprint density at radius 3 is 2.85 bits per heavy atom. The molecule has 4 heteroatoms. The highest BCUT2D eigenvalue weighted by Crippen LogP contribution is 2.04. The zero-order valence-corrected chi connectivity index (χ0v) is 12.4. The van der Waals surface area contributed by atoms with Gasteiger partial charge in [0, 0.05) is 22.1 Å². The van der Waals surface area contributed by atoms with Crippen molar-refractivity contribution in [2.24, 2.45) is 0 Å². The molecule has 0 radical (unpaired) electrons. The summed E-state index contributed by atoms with van der Waals surface area (Å²) < 4.78 is 0. The quantitative estimate of drug-likeness (QED) is 0.856. The molecule has 0 bridgehead atoms. The summed E-state index contributed by atoms with van der Waals surface area (Å²) in [6, 6.07) is 7.62. The molecule has 1 aliphatic heterocycles. The second-order valence-corrected chi connectivity index (χ2v) is 5.28. The minimum atomic E-state index is -0.202. The molecule has 0 unspecified atom stereocenters. The Hall–Kier alpha value is -1.94. The van der Waals surface area contributed by atoms with Crippen LogP contribution < -0.4 is 21.3 Å². The fourth-order valence-corrected chi connectivity index (χ4v) is 2.60. The number of alkyl halides is 1. The van der Waals surface area contributed by atoms with Crippen molar-refractivity contribution in [1.82, 2.24) is 4.98 Å². The van der Waals surface area contributed by atoms with Crippen LogP contribution in [0.5, 0.6) is 0 Å². The van der Waals surface area contributed by atoms with Crippen molar-refractivity contribution >= 4 is 44.7 Å².